The zero-order valence-electron chi connectivity index (χ0n) is 13.9. The molecule has 0 spiro atoms. The monoisotopic (exact) mass is 320 g/mol. The van der Waals surface area contributed by atoms with Gasteiger partial charge < -0.3 is 20.9 Å². The molecule has 0 amide bonds. The summed E-state index contributed by atoms with van der Waals surface area (Å²) in [5.74, 6) is 0.378. The molecule has 0 aliphatic carbocycles. The van der Waals surface area contributed by atoms with Crippen molar-refractivity contribution in [1.82, 2.24) is 10.2 Å². The molecular formula is C17H28N4O2. The standard InChI is InChI=1S/C17H28N4O2/c1-17(22,15-6-3-2-4-7-15)14-20-16(18)19-8-5-9-21-10-12-23-13-11-21/h2-4,6-7,22H,5,8-14H2,1H3,(H3,18,19,20). The highest BCUT2D eigenvalue weighted by molar-refractivity contribution is 5.77. The van der Waals surface area contributed by atoms with E-state index in [1.807, 2.05) is 30.3 Å². The van der Waals surface area contributed by atoms with Crippen molar-refractivity contribution in [2.75, 3.05) is 45.9 Å². The average Bonchev–Trinajstić information content (AvgIpc) is 2.59. The number of rotatable bonds is 7. The fraction of sp³-hybridized carbons (Fsp3) is 0.588. The molecule has 0 bridgehead atoms. The van der Waals surface area contributed by atoms with Crippen LogP contribution in [0.1, 0.15) is 18.9 Å². The van der Waals surface area contributed by atoms with Gasteiger partial charge in [0.25, 0.3) is 0 Å². The summed E-state index contributed by atoms with van der Waals surface area (Å²) in [6, 6.07) is 9.51. The normalized spacial score (nSPS) is 19.3. The van der Waals surface area contributed by atoms with Gasteiger partial charge in [0.1, 0.15) is 5.60 Å². The molecule has 1 fully saturated rings. The third kappa shape index (κ3) is 6.17. The maximum atomic E-state index is 10.5. The maximum Gasteiger partial charge on any atom is 0.188 e. The lowest BCUT2D eigenvalue weighted by Gasteiger charge is -2.26. The first kappa shape index (κ1) is 17.7. The van der Waals surface area contributed by atoms with Gasteiger partial charge in [0, 0.05) is 19.6 Å². The van der Waals surface area contributed by atoms with Crippen LogP contribution in [0, 0.1) is 0 Å². The lowest BCUT2D eigenvalue weighted by atomic mass is 9.96. The Morgan fingerprint density at radius 3 is 2.74 bits per heavy atom. The molecule has 0 aromatic heterocycles. The zero-order valence-corrected chi connectivity index (χ0v) is 13.9. The molecule has 1 unspecified atom stereocenters. The lowest BCUT2D eigenvalue weighted by Crippen LogP contribution is -2.39. The summed E-state index contributed by atoms with van der Waals surface area (Å²) in [4.78, 5) is 6.64. The van der Waals surface area contributed by atoms with E-state index in [0.29, 0.717) is 5.96 Å². The first-order valence-corrected chi connectivity index (χ1v) is 8.20. The third-order valence-corrected chi connectivity index (χ3v) is 4.01. The molecule has 2 rings (SSSR count). The second-order valence-corrected chi connectivity index (χ2v) is 6.08. The number of ether oxygens (including phenoxy) is 1. The van der Waals surface area contributed by atoms with Gasteiger partial charge in [0.2, 0.25) is 0 Å². The highest BCUT2D eigenvalue weighted by Crippen LogP contribution is 2.20. The molecule has 23 heavy (non-hydrogen) atoms. The van der Waals surface area contributed by atoms with Crippen molar-refractivity contribution in [3.63, 3.8) is 0 Å². The van der Waals surface area contributed by atoms with Gasteiger partial charge in [-0.3, -0.25) is 9.89 Å². The number of hydrogen-bond donors (Lipinski definition) is 3. The second-order valence-electron chi connectivity index (χ2n) is 6.08. The van der Waals surface area contributed by atoms with Crippen molar-refractivity contribution in [3.8, 4) is 0 Å². The van der Waals surface area contributed by atoms with Crippen molar-refractivity contribution in [3.05, 3.63) is 35.9 Å². The number of nitrogens with one attached hydrogen (secondary N) is 1. The Hall–Kier alpha value is -1.63. The number of aliphatic hydroxyl groups is 1. The molecule has 6 nitrogen and oxygen atoms in total. The molecule has 1 saturated heterocycles. The van der Waals surface area contributed by atoms with E-state index in [-0.39, 0.29) is 6.54 Å². The first-order chi connectivity index (χ1) is 11.1. The van der Waals surface area contributed by atoms with Gasteiger partial charge in [-0.1, -0.05) is 30.3 Å². The summed E-state index contributed by atoms with van der Waals surface area (Å²) in [7, 11) is 0. The van der Waals surface area contributed by atoms with Crippen LogP contribution in [0.25, 0.3) is 0 Å². The number of nitrogens with zero attached hydrogens (tertiary/aromatic N) is 2. The van der Waals surface area contributed by atoms with E-state index in [1.54, 1.807) is 6.92 Å². The summed E-state index contributed by atoms with van der Waals surface area (Å²) in [5.41, 5.74) is 5.70. The van der Waals surface area contributed by atoms with E-state index in [0.717, 1.165) is 51.4 Å². The van der Waals surface area contributed by atoms with Gasteiger partial charge in [-0.15, -0.1) is 0 Å². The highest BCUT2D eigenvalue weighted by atomic mass is 16.5. The van der Waals surface area contributed by atoms with E-state index in [1.165, 1.54) is 0 Å². The molecule has 0 radical (unpaired) electrons. The largest absolute Gasteiger partial charge is 0.384 e. The van der Waals surface area contributed by atoms with E-state index in [4.69, 9.17) is 10.5 Å². The molecule has 1 atom stereocenters. The second kappa shape index (κ2) is 8.86. The molecule has 1 heterocycles. The van der Waals surface area contributed by atoms with Crippen LogP contribution in [0.15, 0.2) is 35.3 Å². The Morgan fingerprint density at radius 1 is 1.35 bits per heavy atom. The lowest BCUT2D eigenvalue weighted by molar-refractivity contribution is 0.0376. The Morgan fingerprint density at radius 2 is 2.04 bits per heavy atom. The number of benzene rings is 1. The summed E-state index contributed by atoms with van der Waals surface area (Å²) >= 11 is 0. The molecule has 1 aliphatic heterocycles. The first-order valence-electron chi connectivity index (χ1n) is 8.20. The predicted molar refractivity (Wildman–Crippen MR) is 92.4 cm³/mol. The fourth-order valence-electron chi connectivity index (χ4n) is 2.53. The van der Waals surface area contributed by atoms with E-state index in [9.17, 15) is 5.11 Å². The van der Waals surface area contributed by atoms with Crippen molar-refractivity contribution in [2.45, 2.75) is 18.9 Å². The summed E-state index contributed by atoms with van der Waals surface area (Å²) in [5, 5.41) is 13.6. The van der Waals surface area contributed by atoms with Crippen LogP contribution < -0.4 is 11.1 Å². The topological polar surface area (TPSA) is 83.1 Å². The van der Waals surface area contributed by atoms with E-state index < -0.39 is 5.60 Å². The van der Waals surface area contributed by atoms with Gasteiger partial charge in [-0.2, -0.15) is 0 Å². The number of morpholine rings is 1. The Labute approximate surface area is 138 Å². The van der Waals surface area contributed by atoms with Crippen molar-refractivity contribution < 1.29 is 9.84 Å². The Bertz CT molecular complexity index is 485. The minimum absolute atomic E-state index is 0.235. The maximum absolute atomic E-state index is 10.5. The fourth-order valence-corrected chi connectivity index (χ4v) is 2.53. The summed E-state index contributed by atoms with van der Waals surface area (Å²) < 4.78 is 5.32. The van der Waals surface area contributed by atoms with Crippen molar-refractivity contribution >= 4 is 5.96 Å². The summed E-state index contributed by atoms with van der Waals surface area (Å²) in [6.45, 7) is 7.45. The number of aliphatic imine (C=N–C) groups is 1. The number of nitrogens with two attached hydrogens (primary N) is 1. The smallest absolute Gasteiger partial charge is 0.188 e. The molecule has 6 heteroatoms. The molecular weight excluding hydrogens is 292 g/mol. The molecule has 1 aromatic carbocycles. The van der Waals surface area contributed by atoms with Crippen LogP contribution in [-0.2, 0) is 10.3 Å². The predicted octanol–water partition coefficient (Wildman–Crippen LogP) is 0.521. The minimum atomic E-state index is -1.01. The molecule has 0 saturated carbocycles. The summed E-state index contributed by atoms with van der Waals surface area (Å²) in [6.07, 6.45) is 1.01. The molecule has 128 valence electrons. The highest BCUT2D eigenvalue weighted by Gasteiger charge is 2.22. The van der Waals surface area contributed by atoms with Crippen LogP contribution in [0.4, 0.5) is 0 Å². The minimum Gasteiger partial charge on any atom is -0.384 e. The van der Waals surface area contributed by atoms with Gasteiger partial charge in [0.15, 0.2) is 5.96 Å². The average molecular weight is 320 g/mol. The van der Waals surface area contributed by atoms with E-state index in [2.05, 4.69) is 15.2 Å². The number of hydrogen-bond acceptors (Lipinski definition) is 4. The van der Waals surface area contributed by atoms with Gasteiger partial charge in [-0.05, 0) is 25.5 Å². The van der Waals surface area contributed by atoms with Crippen LogP contribution >= 0.6 is 0 Å². The van der Waals surface area contributed by atoms with Crippen LogP contribution in [0.3, 0.4) is 0 Å². The van der Waals surface area contributed by atoms with Crippen LogP contribution in [0.5, 0.6) is 0 Å². The SMILES string of the molecule is CC(O)(CN=C(N)NCCCN1CCOCC1)c1ccccc1. The van der Waals surface area contributed by atoms with Crippen molar-refractivity contribution in [1.29, 1.82) is 0 Å². The quantitative estimate of drug-likeness (QED) is 0.388. The number of guanidine groups is 1. The van der Waals surface area contributed by atoms with Crippen LogP contribution in [-0.4, -0.2) is 61.9 Å². The zero-order chi connectivity index (χ0) is 16.5. The van der Waals surface area contributed by atoms with Gasteiger partial charge in [0.05, 0.1) is 19.8 Å². The van der Waals surface area contributed by atoms with Crippen LogP contribution in [0.2, 0.25) is 0 Å². The van der Waals surface area contributed by atoms with Crippen molar-refractivity contribution in [2.24, 2.45) is 10.7 Å². The third-order valence-electron chi connectivity index (χ3n) is 4.01. The molecule has 1 aliphatic rings. The Kier molecular flexibility index (Phi) is 6.83. The Balaban J connectivity index is 1.68. The van der Waals surface area contributed by atoms with Gasteiger partial charge in [-0.25, -0.2) is 0 Å². The van der Waals surface area contributed by atoms with Gasteiger partial charge >= 0.3 is 0 Å². The molecule has 1 aromatic rings. The molecule has 4 N–H and O–H groups in total. The van der Waals surface area contributed by atoms with E-state index >= 15 is 0 Å².